The number of aliphatic imine (C=N–C) groups is 1. The van der Waals surface area contributed by atoms with Crippen molar-refractivity contribution in [2.24, 2.45) is 4.99 Å². The molecule has 21 heavy (non-hydrogen) atoms. The minimum atomic E-state index is -1.12. The van der Waals surface area contributed by atoms with Crippen LogP contribution in [-0.4, -0.2) is 30.0 Å². The van der Waals surface area contributed by atoms with Crippen LogP contribution in [0.4, 0.5) is 0 Å². The van der Waals surface area contributed by atoms with Gasteiger partial charge in [0.15, 0.2) is 0 Å². The van der Waals surface area contributed by atoms with Crippen molar-refractivity contribution in [3.63, 3.8) is 0 Å². The molecular formula is C14H21Cl2N3OSi. The van der Waals surface area contributed by atoms with Gasteiger partial charge in [-0.05, 0) is 24.3 Å². The zero-order valence-corrected chi connectivity index (χ0v) is 15.1. The fraction of sp³-hybridized carbons (Fsp3) is 0.500. The summed E-state index contributed by atoms with van der Waals surface area (Å²) in [7, 11) is -1.06. The van der Waals surface area contributed by atoms with Crippen LogP contribution in [-0.2, 0) is 11.5 Å². The Morgan fingerprint density at radius 1 is 1.38 bits per heavy atom. The minimum absolute atomic E-state index is 0.505. The Morgan fingerprint density at radius 3 is 2.81 bits per heavy atom. The molecule has 0 fully saturated rings. The second kappa shape index (κ2) is 6.56. The van der Waals surface area contributed by atoms with E-state index in [9.17, 15) is 0 Å². The molecule has 0 amide bonds. The van der Waals surface area contributed by atoms with E-state index in [-0.39, 0.29) is 0 Å². The van der Waals surface area contributed by atoms with E-state index in [0.717, 1.165) is 24.0 Å². The normalized spacial score (nSPS) is 17.5. The van der Waals surface area contributed by atoms with Crippen molar-refractivity contribution in [3.8, 4) is 0 Å². The van der Waals surface area contributed by atoms with Gasteiger partial charge in [0.2, 0.25) is 4.46 Å². The van der Waals surface area contributed by atoms with Gasteiger partial charge in [0.25, 0.3) is 0 Å². The van der Waals surface area contributed by atoms with E-state index >= 15 is 0 Å². The third-order valence-electron chi connectivity index (χ3n) is 3.10. The molecule has 7 heteroatoms. The molecule has 2 heterocycles. The molecule has 0 aromatic carbocycles. The van der Waals surface area contributed by atoms with E-state index in [0.29, 0.717) is 6.73 Å². The Hall–Kier alpha value is -0.753. The predicted octanol–water partition coefficient (Wildman–Crippen LogP) is 3.90. The third-order valence-corrected chi connectivity index (χ3v) is 5.24. The smallest absolute Gasteiger partial charge is 0.210 e. The van der Waals surface area contributed by atoms with Crippen LogP contribution in [0.1, 0.15) is 5.69 Å². The lowest BCUT2D eigenvalue weighted by atomic mass is 10.3. The highest BCUT2D eigenvalue weighted by Gasteiger charge is 2.24. The first-order valence-corrected chi connectivity index (χ1v) is 11.4. The van der Waals surface area contributed by atoms with Gasteiger partial charge in [-0.1, -0.05) is 42.8 Å². The zero-order valence-electron chi connectivity index (χ0n) is 12.6. The molecule has 0 unspecified atom stereocenters. The Morgan fingerprint density at radius 2 is 2.14 bits per heavy atom. The largest absolute Gasteiger partial charge is 0.361 e. The molecule has 0 bridgehead atoms. The molecule has 1 aromatic rings. The van der Waals surface area contributed by atoms with Crippen molar-refractivity contribution < 1.29 is 4.74 Å². The highest BCUT2D eigenvalue weighted by Crippen LogP contribution is 2.28. The van der Waals surface area contributed by atoms with E-state index in [4.69, 9.17) is 27.9 Å². The van der Waals surface area contributed by atoms with Crippen molar-refractivity contribution in [2.45, 2.75) is 36.9 Å². The number of halogens is 2. The maximum absolute atomic E-state index is 6.06. The standard InChI is InChI=1S/C14H21Cl2N3OSi/c1-21(2,3)8-7-20-11-19-6-4-5-13(19)12-9-14(15,16)18-10-17-12/h4-6,9-10H,7-8,11H2,1-3H3,(H,17,18). The number of aromatic nitrogens is 1. The molecular weight excluding hydrogens is 325 g/mol. The third kappa shape index (κ3) is 5.18. The van der Waals surface area contributed by atoms with Crippen LogP contribution in [0.25, 0.3) is 5.70 Å². The Balaban J connectivity index is 1.99. The summed E-state index contributed by atoms with van der Waals surface area (Å²) in [6.45, 7) is 8.31. The molecule has 0 radical (unpaired) electrons. The van der Waals surface area contributed by atoms with Crippen LogP contribution in [0.2, 0.25) is 25.7 Å². The molecule has 1 aromatic heterocycles. The second-order valence-electron chi connectivity index (χ2n) is 6.27. The number of alkyl halides is 2. The summed E-state index contributed by atoms with van der Waals surface area (Å²) >= 11 is 12.1. The van der Waals surface area contributed by atoms with Gasteiger partial charge in [0.05, 0.1) is 17.7 Å². The molecule has 2 rings (SSSR count). The lowest BCUT2D eigenvalue weighted by Crippen LogP contribution is -2.33. The lowest BCUT2D eigenvalue weighted by molar-refractivity contribution is 0.0869. The van der Waals surface area contributed by atoms with Gasteiger partial charge in [-0.3, -0.25) is 0 Å². The fourth-order valence-electron chi connectivity index (χ4n) is 1.88. The average molecular weight is 346 g/mol. The summed E-state index contributed by atoms with van der Waals surface area (Å²) in [5.74, 6) is 0. The first kappa shape index (κ1) is 16.6. The van der Waals surface area contributed by atoms with Gasteiger partial charge in [-0.25, -0.2) is 4.99 Å². The second-order valence-corrected chi connectivity index (χ2v) is 13.3. The van der Waals surface area contributed by atoms with Crippen molar-refractivity contribution in [3.05, 3.63) is 30.1 Å². The maximum atomic E-state index is 6.06. The predicted molar refractivity (Wildman–Crippen MR) is 92.6 cm³/mol. The number of hydrogen-bond donors (Lipinski definition) is 1. The zero-order chi connectivity index (χ0) is 15.5. The molecule has 4 nitrogen and oxygen atoms in total. The molecule has 0 atom stereocenters. The van der Waals surface area contributed by atoms with Gasteiger partial charge in [0, 0.05) is 20.9 Å². The minimum Gasteiger partial charge on any atom is -0.361 e. The molecule has 0 saturated carbocycles. The van der Waals surface area contributed by atoms with E-state index in [1.54, 1.807) is 6.08 Å². The fourth-order valence-corrected chi connectivity index (χ4v) is 2.94. The molecule has 0 saturated heterocycles. The van der Waals surface area contributed by atoms with Crippen LogP contribution >= 0.6 is 23.2 Å². The Labute approximate surface area is 136 Å². The topological polar surface area (TPSA) is 38.5 Å². The number of rotatable bonds is 6. The highest BCUT2D eigenvalue weighted by molar-refractivity contribution is 6.76. The molecule has 0 spiro atoms. The molecule has 116 valence electrons. The summed E-state index contributed by atoms with van der Waals surface area (Å²) in [6, 6.07) is 5.08. The number of hydrogen-bond acceptors (Lipinski definition) is 3. The van der Waals surface area contributed by atoms with Crippen LogP contribution in [0.5, 0.6) is 0 Å². The van der Waals surface area contributed by atoms with E-state index in [1.165, 1.54) is 6.34 Å². The number of ether oxygens (including phenoxy) is 1. The van der Waals surface area contributed by atoms with Gasteiger partial charge >= 0.3 is 0 Å². The van der Waals surface area contributed by atoms with E-state index in [1.807, 2.05) is 22.9 Å². The van der Waals surface area contributed by atoms with E-state index < -0.39 is 12.5 Å². The quantitative estimate of drug-likeness (QED) is 0.367. The van der Waals surface area contributed by atoms with Crippen molar-refractivity contribution in [2.75, 3.05) is 6.61 Å². The Bertz CT molecular complexity index is 547. The van der Waals surface area contributed by atoms with Gasteiger partial charge < -0.3 is 14.6 Å². The molecule has 0 aliphatic carbocycles. The summed E-state index contributed by atoms with van der Waals surface area (Å²) < 4.78 is 6.66. The molecule has 1 aliphatic rings. The first-order chi connectivity index (χ1) is 9.77. The average Bonchev–Trinajstić information content (AvgIpc) is 2.80. The van der Waals surface area contributed by atoms with E-state index in [2.05, 4.69) is 30.0 Å². The summed E-state index contributed by atoms with van der Waals surface area (Å²) in [4.78, 5) is 4.28. The monoisotopic (exact) mass is 345 g/mol. The number of nitrogens with one attached hydrogen (secondary N) is 1. The number of nitrogens with zero attached hydrogens (tertiary/aromatic N) is 2. The van der Waals surface area contributed by atoms with Crippen LogP contribution < -0.4 is 5.32 Å². The molecule has 1 aliphatic heterocycles. The highest BCUT2D eigenvalue weighted by atomic mass is 35.5. The van der Waals surface area contributed by atoms with Gasteiger partial charge in [-0.2, -0.15) is 0 Å². The van der Waals surface area contributed by atoms with Crippen molar-refractivity contribution in [1.82, 2.24) is 9.88 Å². The molecule has 1 N–H and O–H groups in total. The van der Waals surface area contributed by atoms with Crippen molar-refractivity contribution >= 4 is 43.3 Å². The lowest BCUT2D eigenvalue weighted by Gasteiger charge is -2.21. The van der Waals surface area contributed by atoms with Crippen LogP contribution in [0.15, 0.2) is 29.4 Å². The Kier molecular flexibility index (Phi) is 5.19. The van der Waals surface area contributed by atoms with Crippen LogP contribution in [0, 0.1) is 0 Å². The van der Waals surface area contributed by atoms with Gasteiger partial charge in [0.1, 0.15) is 6.73 Å². The SMILES string of the molecule is C[Si](C)(C)CCOCn1cccc1C1=CC(Cl)(Cl)NC=N1. The summed E-state index contributed by atoms with van der Waals surface area (Å²) in [5.41, 5.74) is 1.67. The maximum Gasteiger partial charge on any atom is 0.210 e. The van der Waals surface area contributed by atoms with Crippen LogP contribution in [0.3, 0.4) is 0 Å². The summed E-state index contributed by atoms with van der Waals surface area (Å²) in [5, 5.41) is 2.77. The first-order valence-electron chi connectivity index (χ1n) is 6.91. The van der Waals surface area contributed by atoms with Gasteiger partial charge in [-0.15, -0.1) is 0 Å². The summed E-state index contributed by atoms with van der Waals surface area (Å²) in [6.07, 6.45) is 5.16. The van der Waals surface area contributed by atoms with Crippen molar-refractivity contribution in [1.29, 1.82) is 0 Å².